The first-order valence-corrected chi connectivity index (χ1v) is 7.49. The van der Waals surface area contributed by atoms with E-state index >= 15 is 0 Å². The van der Waals surface area contributed by atoms with Gasteiger partial charge < -0.3 is 4.90 Å². The van der Waals surface area contributed by atoms with E-state index in [-0.39, 0.29) is 5.54 Å². The Balaban J connectivity index is 1.60. The maximum atomic E-state index is 12.0. The van der Waals surface area contributed by atoms with Gasteiger partial charge in [-0.15, -0.1) is 0 Å². The first-order valence-electron chi connectivity index (χ1n) is 7.49. The van der Waals surface area contributed by atoms with Crippen LogP contribution in [-0.2, 0) is 11.2 Å². The van der Waals surface area contributed by atoms with Crippen LogP contribution in [0.1, 0.15) is 45.1 Å². The lowest BCUT2D eigenvalue weighted by molar-refractivity contribution is -0.133. The largest absolute Gasteiger partial charge is 0.334 e. The lowest BCUT2D eigenvalue weighted by atomic mass is 10.0. The van der Waals surface area contributed by atoms with Crippen molar-refractivity contribution >= 4 is 5.91 Å². The van der Waals surface area contributed by atoms with Crippen molar-refractivity contribution in [2.75, 3.05) is 0 Å². The summed E-state index contributed by atoms with van der Waals surface area (Å²) in [5.41, 5.74) is 1.65. The van der Waals surface area contributed by atoms with Gasteiger partial charge in [-0.05, 0) is 51.0 Å². The normalized spacial score (nSPS) is 28.9. The second-order valence-corrected chi connectivity index (χ2v) is 6.41. The number of fused-ring (bicyclic) bond motifs is 1. The molecule has 2 heteroatoms. The Bertz CT molecular complexity index is 467. The van der Waals surface area contributed by atoms with Crippen LogP contribution in [0.4, 0.5) is 0 Å². The highest BCUT2D eigenvalue weighted by Crippen LogP contribution is 2.59. The van der Waals surface area contributed by atoms with Crippen LogP contribution >= 0.6 is 0 Å². The lowest BCUT2D eigenvalue weighted by Crippen LogP contribution is -2.43. The third-order valence-electron chi connectivity index (χ3n) is 4.80. The Morgan fingerprint density at radius 2 is 2.05 bits per heavy atom. The number of likely N-dealkylation sites (tertiary alicyclic amines) is 1. The maximum Gasteiger partial charge on any atom is 0.223 e. The van der Waals surface area contributed by atoms with E-state index in [2.05, 4.69) is 49.1 Å². The maximum absolute atomic E-state index is 12.0. The van der Waals surface area contributed by atoms with Gasteiger partial charge >= 0.3 is 0 Å². The van der Waals surface area contributed by atoms with Gasteiger partial charge in [0.1, 0.15) is 0 Å². The van der Waals surface area contributed by atoms with Crippen molar-refractivity contribution < 1.29 is 4.79 Å². The third kappa shape index (κ3) is 2.18. The number of carbonyl (C=O) groups excluding carboxylic acids is 1. The SMILES string of the molecule is CC(C)N1C(=O)C[C@H]2C[C@]21CCCc1ccccc1. The molecule has 1 amide bonds. The molecule has 2 fully saturated rings. The van der Waals surface area contributed by atoms with Crippen LogP contribution in [0.25, 0.3) is 0 Å². The zero-order valence-corrected chi connectivity index (χ0v) is 11.9. The number of aryl methyl sites for hydroxylation is 1. The van der Waals surface area contributed by atoms with Gasteiger partial charge in [-0.3, -0.25) is 4.79 Å². The zero-order valence-electron chi connectivity index (χ0n) is 11.9. The van der Waals surface area contributed by atoms with E-state index in [4.69, 9.17) is 0 Å². The minimum atomic E-state index is 0.236. The lowest BCUT2D eigenvalue weighted by Gasteiger charge is -2.32. The Morgan fingerprint density at radius 3 is 2.74 bits per heavy atom. The van der Waals surface area contributed by atoms with Crippen molar-refractivity contribution in [1.82, 2.24) is 4.90 Å². The average Bonchev–Trinajstić information content (AvgIpc) is 2.96. The number of benzene rings is 1. The molecule has 0 aromatic heterocycles. The van der Waals surface area contributed by atoms with Crippen LogP contribution in [0, 0.1) is 5.92 Å². The van der Waals surface area contributed by atoms with E-state index in [0.717, 1.165) is 12.8 Å². The molecule has 1 saturated carbocycles. The standard InChI is InChI=1S/C17H23NO/c1-13(2)18-16(19)11-15-12-17(15,18)10-6-9-14-7-4-3-5-8-14/h3-5,7-8,13,15H,6,9-12H2,1-2H3/t15-,17+/m0/s1. The average molecular weight is 257 g/mol. The molecule has 0 radical (unpaired) electrons. The summed E-state index contributed by atoms with van der Waals surface area (Å²) in [6.07, 6.45) is 5.54. The molecule has 1 saturated heterocycles. The second kappa shape index (κ2) is 4.66. The molecular formula is C17H23NO. The number of amides is 1. The van der Waals surface area contributed by atoms with Crippen LogP contribution < -0.4 is 0 Å². The Hall–Kier alpha value is -1.31. The molecule has 0 bridgehead atoms. The molecule has 1 aromatic rings. The van der Waals surface area contributed by atoms with Crippen molar-refractivity contribution in [3.05, 3.63) is 35.9 Å². The highest BCUT2D eigenvalue weighted by atomic mass is 16.2. The molecular weight excluding hydrogens is 234 g/mol. The summed E-state index contributed by atoms with van der Waals surface area (Å²) in [5, 5.41) is 0. The molecule has 0 spiro atoms. The monoisotopic (exact) mass is 257 g/mol. The summed E-state index contributed by atoms with van der Waals surface area (Å²) in [6, 6.07) is 11.0. The van der Waals surface area contributed by atoms with Crippen LogP contribution in [-0.4, -0.2) is 22.4 Å². The van der Waals surface area contributed by atoms with Gasteiger partial charge in [0.15, 0.2) is 0 Å². The number of hydrogen-bond acceptors (Lipinski definition) is 1. The molecule has 0 unspecified atom stereocenters. The van der Waals surface area contributed by atoms with Gasteiger partial charge in [0.25, 0.3) is 0 Å². The third-order valence-corrected chi connectivity index (χ3v) is 4.80. The minimum absolute atomic E-state index is 0.236. The molecule has 1 aromatic carbocycles. The summed E-state index contributed by atoms with van der Waals surface area (Å²) in [6.45, 7) is 4.30. The fourth-order valence-corrected chi connectivity index (χ4v) is 3.95. The minimum Gasteiger partial charge on any atom is -0.334 e. The first kappa shape index (κ1) is 12.7. The zero-order chi connectivity index (χ0) is 13.5. The van der Waals surface area contributed by atoms with Crippen LogP contribution in [0.2, 0.25) is 0 Å². The van der Waals surface area contributed by atoms with Gasteiger partial charge in [0.2, 0.25) is 5.91 Å². The highest BCUT2D eigenvalue weighted by molar-refractivity contribution is 5.82. The predicted octanol–water partition coefficient (Wildman–Crippen LogP) is 3.41. The van der Waals surface area contributed by atoms with Crippen LogP contribution in [0.3, 0.4) is 0 Å². The van der Waals surface area contributed by atoms with E-state index in [1.165, 1.54) is 24.8 Å². The summed E-state index contributed by atoms with van der Waals surface area (Å²) in [4.78, 5) is 14.2. The van der Waals surface area contributed by atoms with Crippen molar-refractivity contribution in [1.29, 1.82) is 0 Å². The van der Waals surface area contributed by atoms with Crippen molar-refractivity contribution in [3.8, 4) is 0 Å². The molecule has 1 aliphatic carbocycles. The summed E-state index contributed by atoms with van der Waals surface area (Å²) in [7, 11) is 0. The molecule has 2 nitrogen and oxygen atoms in total. The van der Waals surface area contributed by atoms with Crippen LogP contribution in [0.5, 0.6) is 0 Å². The van der Waals surface area contributed by atoms with Gasteiger partial charge in [0.05, 0.1) is 0 Å². The Kier molecular flexibility index (Phi) is 3.12. The Labute approximate surface area is 115 Å². The number of piperidine rings is 1. The van der Waals surface area contributed by atoms with Crippen molar-refractivity contribution in [2.24, 2.45) is 5.92 Å². The number of rotatable bonds is 5. The molecule has 1 aliphatic heterocycles. The molecule has 102 valence electrons. The first-order chi connectivity index (χ1) is 9.13. The molecule has 19 heavy (non-hydrogen) atoms. The fourth-order valence-electron chi connectivity index (χ4n) is 3.95. The van der Waals surface area contributed by atoms with E-state index in [1.54, 1.807) is 0 Å². The summed E-state index contributed by atoms with van der Waals surface area (Å²) in [5.74, 6) is 1.03. The number of nitrogens with zero attached hydrogens (tertiary/aromatic N) is 1. The van der Waals surface area contributed by atoms with Gasteiger partial charge in [-0.2, -0.15) is 0 Å². The van der Waals surface area contributed by atoms with Crippen LogP contribution in [0.15, 0.2) is 30.3 Å². The summed E-state index contributed by atoms with van der Waals surface area (Å²) < 4.78 is 0. The van der Waals surface area contributed by atoms with Gasteiger partial charge in [-0.1, -0.05) is 30.3 Å². The van der Waals surface area contributed by atoms with Gasteiger partial charge in [-0.25, -0.2) is 0 Å². The summed E-state index contributed by atoms with van der Waals surface area (Å²) >= 11 is 0. The fraction of sp³-hybridized carbons (Fsp3) is 0.588. The van der Waals surface area contributed by atoms with Gasteiger partial charge in [0, 0.05) is 18.0 Å². The molecule has 3 rings (SSSR count). The number of carbonyl (C=O) groups is 1. The quantitative estimate of drug-likeness (QED) is 0.791. The van der Waals surface area contributed by atoms with Crippen molar-refractivity contribution in [2.45, 2.75) is 57.5 Å². The predicted molar refractivity (Wildman–Crippen MR) is 76.8 cm³/mol. The van der Waals surface area contributed by atoms with E-state index in [9.17, 15) is 4.79 Å². The number of hydrogen-bond donors (Lipinski definition) is 0. The topological polar surface area (TPSA) is 20.3 Å². The van der Waals surface area contributed by atoms with E-state index in [1.807, 2.05) is 0 Å². The van der Waals surface area contributed by atoms with E-state index < -0.39 is 0 Å². The molecule has 2 atom stereocenters. The smallest absolute Gasteiger partial charge is 0.223 e. The molecule has 2 aliphatic rings. The second-order valence-electron chi connectivity index (χ2n) is 6.41. The van der Waals surface area contributed by atoms with Crippen molar-refractivity contribution in [3.63, 3.8) is 0 Å². The molecule has 0 N–H and O–H groups in total. The molecule has 1 heterocycles. The van der Waals surface area contributed by atoms with E-state index in [0.29, 0.717) is 17.9 Å². The Morgan fingerprint density at radius 1 is 1.32 bits per heavy atom. The highest BCUT2D eigenvalue weighted by Gasteiger charge is 2.64.